The van der Waals surface area contributed by atoms with Gasteiger partial charge in [0.25, 0.3) is 0 Å². The van der Waals surface area contributed by atoms with Gasteiger partial charge in [0.1, 0.15) is 17.2 Å². The van der Waals surface area contributed by atoms with Crippen molar-refractivity contribution in [3.8, 4) is 34.3 Å². The quantitative estimate of drug-likeness (QED) is 0.290. The Morgan fingerprint density at radius 3 is 2.31 bits per heavy atom. The van der Waals surface area contributed by atoms with E-state index in [9.17, 15) is 4.79 Å². The molecular formula is C27H28N4O4S. The van der Waals surface area contributed by atoms with Crippen LogP contribution in [0.25, 0.3) is 17.1 Å². The molecule has 1 heterocycles. The van der Waals surface area contributed by atoms with Crippen LogP contribution in [0.5, 0.6) is 17.2 Å². The van der Waals surface area contributed by atoms with Crippen molar-refractivity contribution in [3.63, 3.8) is 0 Å². The number of anilines is 1. The molecule has 186 valence electrons. The molecule has 0 bridgehead atoms. The van der Waals surface area contributed by atoms with Gasteiger partial charge < -0.3 is 19.5 Å². The Labute approximate surface area is 214 Å². The van der Waals surface area contributed by atoms with E-state index < -0.39 is 0 Å². The van der Waals surface area contributed by atoms with Crippen molar-refractivity contribution in [2.24, 2.45) is 0 Å². The maximum absolute atomic E-state index is 12.8. The first-order chi connectivity index (χ1) is 17.5. The predicted octanol–water partition coefficient (Wildman–Crippen LogP) is 5.39. The molecule has 0 spiro atoms. The van der Waals surface area contributed by atoms with E-state index in [1.54, 1.807) is 32.4 Å². The molecule has 0 unspecified atom stereocenters. The summed E-state index contributed by atoms with van der Waals surface area (Å²) in [6, 6.07) is 21.1. The Bertz CT molecular complexity index is 1320. The third-order valence-corrected chi connectivity index (χ3v) is 6.21. The van der Waals surface area contributed by atoms with Crippen LogP contribution in [0.15, 0.2) is 71.9 Å². The molecule has 0 saturated carbocycles. The van der Waals surface area contributed by atoms with Crippen molar-refractivity contribution in [2.75, 3.05) is 31.9 Å². The maximum atomic E-state index is 12.8. The number of benzene rings is 3. The topological polar surface area (TPSA) is 87.5 Å². The van der Waals surface area contributed by atoms with Gasteiger partial charge >= 0.3 is 0 Å². The minimum absolute atomic E-state index is 0.141. The molecule has 0 radical (unpaired) electrons. The number of ether oxygens (including phenoxy) is 3. The zero-order valence-electron chi connectivity index (χ0n) is 20.6. The summed E-state index contributed by atoms with van der Waals surface area (Å²) in [5.41, 5.74) is 3.53. The highest BCUT2D eigenvalue weighted by Gasteiger charge is 2.18. The fourth-order valence-electron chi connectivity index (χ4n) is 3.63. The number of rotatable bonds is 10. The smallest absolute Gasteiger partial charge is 0.234 e. The third-order valence-electron chi connectivity index (χ3n) is 5.28. The number of amides is 1. The number of thioether (sulfide) groups is 1. The monoisotopic (exact) mass is 504 g/mol. The fraction of sp³-hybridized carbons (Fsp3) is 0.222. The van der Waals surface area contributed by atoms with Crippen LogP contribution in [0, 0.1) is 6.92 Å². The normalized spacial score (nSPS) is 10.7. The minimum Gasteiger partial charge on any atom is -0.497 e. The Hall–Kier alpha value is -3.98. The van der Waals surface area contributed by atoms with E-state index >= 15 is 0 Å². The highest BCUT2D eigenvalue weighted by Crippen LogP contribution is 2.30. The Morgan fingerprint density at radius 2 is 1.67 bits per heavy atom. The second-order valence-corrected chi connectivity index (χ2v) is 8.82. The molecule has 0 aliphatic heterocycles. The van der Waals surface area contributed by atoms with Crippen LogP contribution in [0.4, 0.5) is 5.69 Å². The Morgan fingerprint density at radius 1 is 0.944 bits per heavy atom. The lowest BCUT2D eigenvalue weighted by Gasteiger charge is -2.12. The summed E-state index contributed by atoms with van der Waals surface area (Å²) < 4.78 is 18.1. The average Bonchev–Trinajstić information content (AvgIpc) is 3.32. The lowest BCUT2D eigenvalue weighted by molar-refractivity contribution is -0.113. The molecule has 8 nitrogen and oxygen atoms in total. The van der Waals surface area contributed by atoms with Gasteiger partial charge in [-0.3, -0.25) is 9.36 Å². The largest absolute Gasteiger partial charge is 0.497 e. The third kappa shape index (κ3) is 5.98. The Kier molecular flexibility index (Phi) is 8.12. The van der Waals surface area contributed by atoms with Gasteiger partial charge in [-0.2, -0.15) is 0 Å². The van der Waals surface area contributed by atoms with Gasteiger partial charge in [-0.25, -0.2) is 0 Å². The van der Waals surface area contributed by atoms with E-state index in [2.05, 4.69) is 21.6 Å². The van der Waals surface area contributed by atoms with Crippen LogP contribution >= 0.6 is 11.8 Å². The molecule has 4 aromatic rings. The number of methoxy groups -OCH3 is 2. The van der Waals surface area contributed by atoms with Crippen molar-refractivity contribution in [1.82, 2.24) is 14.8 Å². The lowest BCUT2D eigenvalue weighted by Crippen LogP contribution is -2.14. The molecule has 0 atom stereocenters. The first-order valence-electron chi connectivity index (χ1n) is 11.4. The summed E-state index contributed by atoms with van der Waals surface area (Å²) in [4.78, 5) is 12.8. The summed E-state index contributed by atoms with van der Waals surface area (Å²) in [6.45, 7) is 4.58. The van der Waals surface area contributed by atoms with Crippen LogP contribution in [0.3, 0.4) is 0 Å². The van der Waals surface area contributed by atoms with Crippen molar-refractivity contribution in [3.05, 3.63) is 72.3 Å². The van der Waals surface area contributed by atoms with Crippen molar-refractivity contribution in [2.45, 2.75) is 19.0 Å². The van der Waals surface area contributed by atoms with E-state index in [4.69, 9.17) is 14.2 Å². The van der Waals surface area contributed by atoms with Gasteiger partial charge in [0.05, 0.1) is 26.6 Å². The number of aryl methyl sites for hydroxylation is 1. The molecular weight excluding hydrogens is 476 g/mol. The number of hydrogen-bond acceptors (Lipinski definition) is 7. The van der Waals surface area contributed by atoms with Gasteiger partial charge in [0.2, 0.25) is 5.91 Å². The van der Waals surface area contributed by atoms with Gasteiger partial charge in [-0.15, -0.1) is 10.2 Å². The zero-order chi connectivity index (χ0) is 25.5. The lowest BCUT2D eigenvalue weighted by atomic mass is 10.1. The van der Waals surface area contributed by atoms with E-state index in [1.807, 2.05) is 60.9 Å². The molecule has 1 aromatic heterocycles. The van der Waals surface area contributed by atoms with Crippen molar-refractivity contribution >= 4 is 23.4 Å². The average molecular weight is 505 g/mol. The molecule has 36 heavy (non-hydrogen) atoms. The zero-order valence-corrected chi connectivity index (χ0v) is 21.5. The van der Waals surface area contributed by atoms with E-state index in [0.29, 0.717) is 34.8 Å². The summed E-state index contributed by atoms with van der Waals surface area (Å²) in [5.74, 6) is 2.62. The number of nitrogens with zero attached hydrogens (tertiary/aromatic N) is 3. The van der Waals surface area contributed by atoms with Gasteiger partial charge in [-0.05, 0) is 44.2 Å². The van der Waals surface area contributed by atoms with Crippen LogP contribution in [0.2, 0.25) is 0 Å². The van der Waals surface area contributed by atoms with Gasteiger partial charge in [0.15, 0.2) is 11.0 Å². The first-order valence-corrected chi connectivity index (χ1v) is 12.4. The summed E-state index contributed by atoms with van der Waals surface area (Å²) in [5, 5.41) is 12.4. The first kappa shape index (κ1) is 25.1. The highest BCUT2D eigenvalue weighted by atomic mass is 32.2. The number of hydrogen-bond donors (Lipinski definition) is 1. The maximum Gasteiger partial charge on any atom is 0.234 e. The minimum atomic E-state index is -0.186. The molecule has 4 rings (SSSR count). The highest BCUT2D eigenvalue weighted by molar-refractivity contribution is 7.99. The molecule has 3 aromatic carbocycles. The number of aromatic nitrogens is 3. The van der Waals surface area contributed by atoms with Crippen molar-refractivity contribution < 1.29 is 19.0 Å². The van der Waals surface area contributed by atoms with E-state index in [0.717, 1.165) is 22.6 Å². The van der Waals surface area contributed by atoms with Crippen LogP contribution in [0.1, 0.15) is 12.5 Å². The van der Waals surface area contributed by atoms with Crippen LogP contribution < -0.4 is 19.5 Å². The van der Waals surface area contributed by atoms with Crippen LogP contribution in [-0.4, -0.2) is 47.3 Å². The van der Waals surface area contributed by atoms with Crippen LogP contribution in [-0.2, 0) is 4.79 Å². The molecule has 0 aliphatic carbocycles. The molecule has 0 saturated heterocycles. The number of carbonyl (C=O) groups is 1. The van der Waals surface area contributed by atoms with Gasteiger partial charge in [0, 0.05) is 35.1 Å². The summed E-state index contributed by atoms with van der Waals surface area (Å²) in [7, 11) is 3.13. The molecule has 0 aliphatic rings. The predicted molar refractivity (Wildman–Crippen MR) is 142 cm³/mol. The van der Waals surface area contributed by atoms with Gasteiger partial charge in [-0.1, -0.05) is 35.5 Å². The number of carbonyl (C=O) groups excluding carboxylic acids is 1. The Balaban J connectivity index is 1.59. The van der Waals surface area contributed by atoms with Crippen molar-refractivity contribution in [1.29, 1.82) is 0 Å². The van der Waals surface area contributed by atoms with E-state index in [1.165, 1.54) is 11.8 Å². The fourth-order valence-corrected chi connectivity index (χ4v) is 4.38. The SMILES string of the molecule is CCOc1ccc(-n2c(SCC(=O)Nc3cc(OC)cc(OC)c3)nnc2-c2cccc(C)c2)cc1. The standard InChI is InChI=1S/C27H28N4O4S/c1-5-35-22-11-9-21(10-12-22)31-26(19-8-6-7-18(2)13-19)29-30-27(31)36-17-25(32)28-20-14-23(33-3)16-24(15-20)34-4/h6-16H,5,17H2,1-4H3,(H,28,32). The molecule has 9 heteroatoms. The molecule has 1 amide bonds. The van der Waals surface area contributed by atoms with E-state index in [-0.39, 0.29) is 11.7 Å². The summed E-state index contributed by atoms with van der Waals surface area (Å²) in [6.07, 6.45) is 0. The molecule has 0 fully saturated rings. The molecule has 1 N–H and O–H groups in total. The second-order valence-electron chi connectivity index (χ2n) is 7.88. The number of nitrogens with one attached hydrogen (secondary N) is 1. The second kappa shape index (κ2) is 11.6. The summed E-state index contributed by atoms with van der Waals surface area (Å²) >= 11 is 1.31.